The van der Waals surface area contributed by atoms with Crippen molar-refractivity contribution in [3.8, 4) is 11.6 Å². The number of amides is 2. The molecule has 4 heterocycles. The molecule has 2 amide bonds. The van der Waals surface area contributed by atoms with E-state index in [2.05, 4.69) is 27.1 Å². The topological polar surface area (TPSA) is 92.6 Å². The summed E-state index contributed by atoms with van der Waals surface area (Å²) in [4.78, 5) is 39.0. The average Bonchev–Trinajstić information content (AvgIpc) is 3.37. The first-order chi connectivity index (χ1) is 22.0. The van der Waals surface area contributed by atoms with E-state index in [1.807, 2.05) is 52.9 Å². The van der Waals surface area contributed by atoms with Crippen LogP contribution in [0.1, 0.15) is 39.0 Å². The number of halogens is 3. The Balaban J connectivity index is 1.08. The molecule has 0 bridgehead atoms. The van der Waals surface area contributed by atoms with Gasteiger partial charge in [0.2, 0.25) is 5.88 Å². The van der Waals surface area contributed by atoms with Crippen molar-refractivity contribution in [3.63, 3.8) is 0 Å². The van der Waals surface area contributed by atoms with Crippen LogP contribution in [0.4, 0.5) is 18.9 Å². The summed E-state index contributed by atoms with van der Waals surface area (Å²) in [5.74, 6) is 0.200. The van der Waals surface area contributed by atoms with Crippen molar-refractivity contribution in [1.82, 2.24) is 24.3 Å². The lowest BCUT2D eigenvalue weighted by Gasteiger charge is -2.39. The summed E-state index contributed by atoms with van der Waals surface area (Å²) in [6.07, 6.45) is -1.29. The van der Waals surface area contributed by atoms with Crippen molar-refractivity contribution in [1.29, 1.82) is 0 Å². The number of piperazine rings is 1. The van der Waals surface area contributed by atoms with Gasteiger partial charge < -0.3 is 19.5 Å². The lowest BCUT2D eigenvalue weighted by Crippen LogP contribution is -2.53. The van der Waals surface area contributed by atoms with E-state index in [-0.39, 0.29) is 23.4 Å². The molecule has 9 nitrogen and oxygen atoms in total. The number of pyridine rings is 2. The van der Waals surface area contributed by atoms with Gasteiger partial charge in [-0.2, -0.15) is 13.2 Å². The number of alkyl halides is 3. The third kappa shape index (κ3) is 6.71. The molecular formula is C34H31F3N6O3. The average molecular weight is 629 g/mol. The maximum atomic E-state index is 13.7. The van der Waals surface area contributed by atoms with Crippen LogP contribution in [0.3, 0.4) is 0 Å². The molecule has 0 unspecified atom stereocenters. The normalized spacial score (nSPS) is 15.6. The van der Waals surface area contributed by atoms with Crippen LogP contribution >= 0.6 is 0 Å². The third-order valence-corrected chi connectivity index (χ3v) is 8.01. The second kappa shape index (κ2) is 12.6. The van der Waals surface area contributed by atoms with Gasteiger partial charge in [-0.25, -0.2) is 4.98 Å². The molecule has 3 aromatic heterocycles. The van der Waals surface area contributed by atoms with Gasteiger partial charge in [-0.1, -0.05) is 6.07 Å². The van der Waals surface area contributed by atoms with E-state index in [1.54, 1.807) is 24.4 Å². The van der Waals surface area contributed by atoms with E-state index >= 15 is 0 Å². The van der Waals surface area contributed by atoms with E-state index in [4.69, 9.17) is 4.74 Å². The minimum atomic E-state index is -4.48. The Morgan fingerprint density at radius 2 is 1.78 bits per heavy atom. The van der Waals surface area contributed by atoms with Gasteiger partial charge in [-0.05, 0) is 73.7 Å². The van der Waals surface area contributed by atoms with Gasteiger partial charge in [0.15, 0.2) is 0 Å². The molecule has 1 aliphatic rings. The fraction of sp³-hybridized carbons (Fsp3) is 0.235. The number of nitrogens with zero attached hydrogens (tertiary/aromatic N) is 5. The van der Waals surface area contributed by atoms with Gasteiger partial charge in [0.1, 0.15) is 11.4 Å². The molecular weight excluding hydrogens is 597 g/mol. The lowest BCUT2D eigenvalue weighted by molar-refractivity contribution is -0.137. The number of fused-ring (bicyclic) bond motifs is 1. The summed E-state index contributed by atoms with van der Waals surface area (Å²) in [6, 6.07) is 20.4. The molecule has 12 heteroatoms. The highest BCUT2D eigenvalue weighted by Gasteiger charge is 2.31. The first-order valence-corrected chi connectivity index (χ1v) is 14.7. The molecule has 0 spiro atoms. The summed E-state index contributed by atoms with van der Waals surface area (Å²) in [6.45, 7) is 4.96. The second-order valence-electron chi connectivity index (χ2n) is 11.2. The largest absolute Gasteiger partial charge is 0.439 e. The zero-order chi connectivity index (χ0) is 32.4. The van der Waals surface area contributed by atoms with E-state index in [9.17, 15) is 22.8 Å². The summed E-state index contributed by atoms with van der Waals surface area (Å²) >= 11 is 0. The smallest absolute Gasteiger partial charge is 0.416 e. The summed E-state index contributed by atoms with van der Waals surface area (Å²) in [7, 11) is 1.87. The highest BCUT2D eigenvalue weighted by atomic mass is 19.4. The van der Waals surface area contributed by atoms with Crippen molar-refractivity contribution in [2.45, 2.75) is 25.7 Å². The molecule has 5 aromatic rings. The minimum Gasteiger partial charge on any atom is -0.439 e. The van der Waals surface area contributed by atoms with Crippen LogP contribution in [0.15, 0.2) is 91.3 Å². The number of aromatic nitrogens is 3. The maximum Gasteiger partial charge on any atom is 0.416 e. The van der Waals surface area contributed by atoms with Gasteiger partial charge in [0, 0.05) is 68.0 Å². The quantitative estimate of drug-likeness (QED) is 0.225. The Labute approximate surface area is 263 Å². The van der Waals surface area contributed by atoms with Crippen molar-refractivity contribution in [2.24, 2.45) is 7.05 Å². The molecule has 1 atom stereocenters. The number of hydrogen-bond donors (Lipinski definition) is 1. The molecule has 6 rings (SSSR count). The Bertz CT molecular complexity index is 1860. The van der Waals surface area contributed by atoms with E-state index in [0.717, 1.165) is 60.5 Å². The van der Waals surface area contributed by atoms with Gasteiger partial charge >= 0.3 is 6.18 Å². The molecule has 0 radical (unpaired) electrons. The van der Waals surface area contributed by atoms with E-state index in [0.29, 0.717) is 23.7 Å². The van der Waals surface area contributed by atoms with Crippen molar-refractivity contribution >= 4 is 28.4 Å². The van der Waals surface area contributed by atoms with Crippen molar-refractivity contribution in [3.05, 3.63) is 114 Å². The zero-order valence-electron chi connectivity index (χ0n) is 25.2. The maximum absolute atomic E-state index is 13.7. The number of aryl methyl sites for hydroxylation is 1. The van der Waals surface area contributed by atoms with Crippen LogP contribution in [0.25, 0.3) is 10.9 Å². The monoisotopic (exact) mass is 628 g/mol. The van der Waals surface area contributed by atoms with Crippen molar-refractivity contribution in [2.75, 3.05) is 25.0 Å². The number of nitrogens with one attached hydrogen (secondary N) is 1. The number of rotatable bonds is 7. The van der Waals surface area contributed by atoms with Crippen LogP contribution < -0.4 is 10.1 Å². The number of benzene rings is 2. The first-order valence-electron chi connectivity index (χ1n) is 14.7. The molecule has 46 heavy (non-hydrogen) atoms. The number of hydrogen-bond acceptors (Lipinski definition) is 6. The Hall–Kier alpha value is -5.23. The first kappa shape index (κ1) is 30.8. The molecule has 2 aromatic carbocycles. The zero-order valence-corrected chi connectivity index (χ0v) is 25.2. The molecule has 0 aliphatic carbocycles. The Morgan fingerprint density at radius 1 is 0.978 bits per heavy atom. The minimum absolute atomic E-state index is 0.0262. The summed E-state index contributed by atoms with van der Waals surface area (Å²) < 4.78 is 46.2. The Kier molecular flexibility index (Phi) is 8.46. The van der Waals surface area contributed by atoms with Crippen LogP contribution in [0.5, 0.6) is 11.6 Å². The second-order valence-corrected chi connectivity index (χ2v) is 11.2. The lowest BCUT2D eigenvalue weighted by atomic mass is 10.1. The fourth-order valence-electron chi connectivity index (χ4n) is 5.59. The van der Waals surface area contributed by atoms with Gasteiger partial charge in [-0.3, -0.25) is 19.5 Å². The van der Waals surface area contributed by atoms with Gasteiger partial charge in [-0.15, -0.1) is 0 Å². The molecule has 1 saturated heterocycles. The highest BCUT2D eigenvalue weighted by molar-refractivity contribution is 6.04. The molecule has 1 fully saturated rings. The fourth-order valence-corrected chi connectivity index (χ4v) is 5.59. The van der Waals surface area contributed by atoms with Crippen LogP contribution in [0.2, 0.25) is 0 Å². The molecule has 236 valence electrons. The number of carbonyl (C=O) groups excluding carboxylic acids is 2. The molecule has 0 saturated carbocycles. The molecule has 1 N–H and O–H groups in total. The van der Waals surface area contributed by atoms with E-state index in [1.165, 1.54) is 6.20 Å². The number of ether oxygens (including phenoxy) is 1. The third-order valence-electron chi connectivity index (χ3n) is 8.01. The van der Waals surface area contributed by atoms with Crippen LogP contribution in [0, 0.1) is 0 Å². The summed E-state index contributed by atoms with van der Waals surface area (Å²) in [5.41, 5.74) is 2.08. The number of anilines is 1. The van der Waals surface area contributed by atoms with Gasteiger partial charge in [0.05, 0.1) is 23.1 Å². The van der Waals surface area contributed by atoms with Gasteiger partial charge in [0.25, 0.3) is 11.8 Å². The predicted octanol–water partition coefficient (Wildman–Crippen LogP) is 6.38. The standard InChI is InChI=1S/C34H31F3N6O3/c1-22-20-42(21-27-5-3-4-14-38-27)15-16-43(22)33(45)30-18-24-17-28(11-12-29(24)41(30)2)46-31-13-10-26(19-39-31)40-32(44)23-6-8-25(9-7-23)34(35,36)37/h3-14,17-19,22H,15-16,20-21H2,1-2H3,(H,40,44)/t22-/m0/s1. The molecule has 1 aliphatic heterocycles. The summed E-state index contributed by atoms with van der Waals surface area (Å²) in [5, 5.41) is 3.45. The van der Waals surface area contributed by atoms with Crippen LogP contribution in [-0.2, 0) is 19.8 Å². The number of carbonyl (C=O) groups is 2. The Morgan fingerprint density at radius 3 is 2.46 bits per heavy atom. The predicted molar refractivity (Wildman–Crippen MR) is 167 cm³/mol. The van der Waals surface area contributed by atoms with E-state index < -0.39 is 17.6 Å². The van der Waals surface area contributed by atoms with Crippen molar-refractivity contribution < 1.29 is 27.5 Å². The highest BCUT2D eigenvalue weighted by Crippen LogP contribution is 2.30. The SMILES string of the molecule is C[C@H]1CN(Cc2ccccn2)CCN1C(=O)c1cc2cc(Oc3ccc(NC(=O)c4ccc(C(F)(F)F)cc4)cn3)ccc2n1C. The van der Waals surface area contributed by atoms with Crippen LogP contribution in [-0.4, -0.2) is 61.8 Å².